The van der Waals surface area contributed by atoms with Crippen molar-refractivity contribution in [2.75, 3.05) is 13.6 Å². The second kappa shape index (κ2) is 9.60. The van der Waals surface area contributed by atoms with Crippen molar-refractivity contribution in [2.24, 2.45) is 17.4 Å². The molecule has 1 aromatic carbocycles. The fourth-order valence-corrected chi connectivity index (χ4v) is 2.18. The van der Waals surface area contributed by atoms with E-state index < -0.39 is 17.6 Å². The molecular weight excluding hydrogens is 335 g/mol. The van der Waals surface area contributed by atoms with E-state index in [4.69, 9.17) is 11.5 Å². The number of amides is 2. The lowest BCUT2D eigenvalue weighted by molar-refractivity contribution is -0.117. The van der Waals surface area contributed by atoms with Crippen LogP contribution in [0.5, 0.6) is 0 Å². The Morgan fingerprint density at radius 1 is 1.23 bits per heavy atom. The van der Waals surface area contributed by atoms with Gasteiger partial charge in [0.2, 0.25) is 0 Å². The smallest absolute Gasteiger partial charge is 0.267 e. The maximum Gasteiger partial charge on any atom is 0.267 e. The van der Waals surface area contributed by atoms with E-state index in [1.807, 2.05) is 0 Å². The van der Waals surface area contributed by atoms with Gasteiger partial charge in [-0.2, -0.15) is 0 Å². The van der Waals surface area contributed by atoms with E-state index >= 15 is 0 Å². The minimum absolute atomic E-state index is 0.00251. The van der Waals surface area contributed by atoms with Crippen molar-refractivity contribution in [3.8, 4) is 0 Å². The summed E-state index contributed by atoms with van der Waals surface area (Å²) in [4.78, 5) is 23.6. The SMILES string of the molecule is CNC(=O)c1cc(F)c(C)c(/C(N)=C/C=C(\N)C(=O)NCCC(C)C)c1. The number of rotatable bonds is 7. The summed E-state index contributed by atoms with van der Waals surface area (Å²) in [5.74, 6) is -0.878. The van der Waals surface area contributed by atoms with Crippen LogP contribution >= 0.6 is 0 Å². The molecule has 0 aliphatic carbocycles. The van der Waals surface area contributed by atoms with Crippen LogP contribution in [0, 0.1) is 18.7 Å². The first-order chi connectivity index (χ1) is 12.2. The number of carbonyl (C=O) groups excluding carboxylic acids is 2. The van der Waals surface area contributed by atoms with Crippen molar-refractivity contribution >= 4 is 17.5 Å². The molecule has 1 aromatic rings. The Balaban J connectivity index is 3.00. The molecule has 0 atom stereocenters. The van der Waals surface area contributed by atoms with E-state index in [2.05, 4.69) is 24.5 Å². The third-order valence-electron chi connectivity index (χ3n) is 3.86. The van der Waals surface area contributed by atoms with Crippen LogP contribution in [0.3, 0.4) is 0 Å². The number of benzene rings is 1. The fourth-order valence-electron chi connectivity index (χ4n) is 2.18. The van der Waals surface area contributed by atoms with Crippen molar-refractivity contribution in [1.82, 2.24) is 10.6 Å². The quantitative estimate of drug-likeness (QED) is 0.438. The molecule has 7 heteroatoms. The molecule has 142 valence electrons. The molecule has 0 heterocycles. The van der Waals surface area contributed by atoms with E-state index in [-0.39, 0.29) is 17.0 Å². The summed E-state index contributed by atoms with van der Waals surface area (Å²) in [6.07, 6.45) is 3.64. The van der Waals surface area contributed by atoms with Crippen LogP contribution in [0.15, 0.2) is 30.0 Å². The Hall–Kier alpha value is -2.83. The summed E-state index contributed by atoms with van der Waals surface area (Å²) in [6, 6.07) is 2.65. The van der Waals surface area contributed by atoms with Crippen molar-refractivity contribution in [3.05, 3.63) is 52.5 Å². The molecule has 6 nitrogen and oxygen atoms in total. The maximum absolute atomic E-state index is 14.1. The summed E-state index contributed by atoms with van der Waals surface area (Å²) in [7, 11) is 1.46. The summed E-state index contributed by atoms with van der Waals surface area (Å²) in [6.45, 7) is 6.21. The van der Waals surface area contributed by atoms with E-state index in [1.165, 1.54) is 25.3 Å². The number of nitrogens with two attached hydrogens (primary N) is 2. The highest BCUT2D eigenvalue weighted by molar-refractivity contribution is 5.95. The average Bonchev–Trinajstić information content (AvgIpc) is 2.60. The van der Waals surface area contributed by atoms with Crippen molar-refractivity contribution < 1.29 is 14.0 Å². The van der Waals surface area contributed by atoms with E-state index in [1.54, 1.807) is 6.92 Å². The number of carbonyl (C=O) groups is 2. The number of nitrogens with one attached hydrogen (secondary N) is 2. The average molecular weight is 362 g/mol. The molecule has 0 aromatic heterocycles. The standard InChI is InChI=1S/C19H27FN4O2/c1-11(2)7-8-24-19(26)17(22)6-5-16(21)14-9-13(18(25)23-4)10-15(20)12(14)3/h5-6,9-11H,7-8,21-22H2,1-4H3,(H,23,25)(H,24,26)/b16-5-,17-6-. The zero-order valence-corrected chi connectivity index (χ0v) is 15.7. The van der Waals surface area contributed by atoms with Crippen molar-refractivity contribution in [1.29, 1.82) is 0 Å². The molecule has 0 unspecified atom stereocenters. The lowest BCUT2D eigenvalue weighted by Gasteiger charge is -2.10. The lowest BCUT2D eigenvalue weighted by Crippen LogP contribution is -2.29. The number of hydrogen-bond donors (Lipinski definition) is 4. The minimum Gasteiger partial charge on any atom is -0.398 e. The molecule has 0 aliphatic rings. The van der Waals surface area contributed by atoms with Gasteiger partial charge in [0, 0.05) is 30.4 Å². The van der Waals surface area contributed by atoms with E-state index in [9.17, 15) is 14.0 Å². The van der Waals surface area contributed by atoms with E-state index in [0.717, 1.165) is 12.5 Å². The largest absolute Gasteiger partial charge is 0.398 e. The monoisotopic (exact) mass is 362 g/mol. The Labute approximate surface area is 153 Å². The summed E-state index contributed by atoms with van der Waals surface area (Å²) >= 11 is 0. The molecule has 0 bridgehead atoms. The second-order valence-electron chi connectivity index (χ2n) is 6.39. The first-order valence-corrected chi connectivity index (χ1v) is 8.41. The van der Waals surface area contributed by atoms with Crippen LogP contribution in [0.2, 0.25) is 0 Å². The van der Waals surface area contributed by atoms with Crippen LogP contribution in [-0.4, -0.2) is 25.4 Å². The van der Waals surface area contributed by atoms with Gasteiger partial charge in [-0.15, -0.1) is 0 Å². The van der Waals surface area contributed by atoms with Gasteiger partial charge in [-0.25, -0.2) is 4.39 Å². The van der Waals surface area contributed by atoms with E-state index in [0.29, 0.717) is 23.6 Å². The number of allylic oxidation sites excluding steroid dienone is 2. The molecule has 1 rings (SSSR count). The number of halogens is 1. The zero-order valence-electron chi connectivity index (χ0n) is 15.7. The maximum atomic E-state index is 14.1. The Morgan fingerprint density at radius 2 is 1.88 bits per heavy atom. The minimum atomic E-state index is -0.541. The highest BCUT2D eigenvalue weighted by atomic mass is 19.1. The van der Waals surface area contributed by atoms with Gasteiger partial charge < -0.3 is 22.1 Å². The summed E-state index contributed by atoms with van der Waals surface area (Å²) < 4.78 is 14.1. The molecular formula is C19H27FN4O2. The third-order valence-corrected chi connectivity index (χ3v) is 3.86. The summed E-state index contributed by atoms with van der Waals surface area (Å²) in [5, 5.41) is 5.15. The molecule has 2 amide bonds. The Bertz CT molecular complexity index is 739. The highest BCUT2D eigenvalue weighted by Gasteiger charge is 2.13. The predicted octanol–water partition coefficient (Wildman–Crippen LogP) is 1.80. The normalized spacial score (nSPS) is 12.2. The molecule has 6 N–H and O–H groups in total. The van der Waals surface area contributed by atoms with Crippen LogP contribution in [0.4, 0.5) is 4.39 Å². The van der Waals surface area contributed by atoms with Crippen LogP contribution in [-0.2, 0) is 4.79 Å². The van der Waals surface area contributed by atoms with Crippen molar-refractivity contribution in [3.63, 3.8) is 0 Å². The van der Waals surface area contributed by atoms with Gasteiger partial charge in [0.15, 0.2) is 0 Å². The zero-order chi connectivity index (χ0) is 19.9. The third kappa shape index (κ3) is 5.91. The highest BCUT2D eigenvalue weighted by Crippen LogP contribution is 2.20. The molecule has 0 saturated heterocycles. The molecule has 0 radical (unpaired) electrons. The fraction of sp³-hybridized carbons (Fsp3) is 0.368. The molecule has 26 heavy (non-hydrogen) atoms. The first-order valence-electron chi connectivity index (χ1n) is 8.41. The molecule has 0 fully saturated rings. The van der Waals surface area contributed by atoms with Crippen molar-refractivity contribution in [2.45, 2.75) is 27.2 Å². The Morgan fingerprint density at radius 3 is 2.46 bits per heavy atom. The van der Waals surface area contributed by atoms with Gasteiger partial charge >= 0.3 is 0 Å². The van der Waals surface area contributed by atoms with Crippen LogP contribution in [0.1, 0.15) is 41.8 Å². The Kier molecular flexibility index (Phi) is 7.83. The molecule has 0 aliphatic heterocycles. The summed E-state index contributed by atoms with van der Waals surface area (Å²) in [5.41, 5.74) is 12.8. The first kappa shape index (κ1) is 21.2. The van der Waals surface area contributed by atoms with Gasteiger partial charge in [-0.3, -0.25) is 9.59 Å². The van der Waals surface area contributed by atoms with Gasteiger partial charge in [0.05, 0.1) is 5.70 Å². The van der Waals surface area contributed by atoms with Gasteiger partial charge in [0.1, 0.15) is 5.82 Å². The van der Waals surface area contributed by atoms with Crippen LogP contribution < -0.4 is 22.1 Å². The van der Waals surface area contributed by atoms with Crippen LogP contribution in [0.25, 0.3) is 5.70 Å². The van der Waals surface area contributed by atoms with Gasteiger partial charge in [0.25, 0.3) is 11.8 Å². The number of hydrogen-bond acceptors (Lipinski definition) is 4. The molecule has 0 saturated carbocycles. The van der Waals surface area contributed by atoms with Gasteiger partial charge in [-0.1, -0.05) is 13.8 Å². The topological polar surface area (TPSA) is 110 Å². The molecule has 0 spiro atoms. The second-order valence-corrected chi connectivity index (χ2v) is 6.39. The van der Waals surface area contributed by atoms with Gasteiger partial charge in [-0.05, 0) is 49.1 Å². The lowest BCUT2D eigenvalue weighted by atomic mass is 10.0. The predicted molar refractivity (Wildman–Crippen MR) is 101 cm³/mol.